The van der Waals surface area contributed by atoms with Crippen LogP contribution < -0.4 is 4.72 Å². The molecule has 0 saturated heterocycles. The summed E-state index contributed by atoms with van der Waals surface area (Å²) in [5, 5.41) is 11.2. The van der Waals surface area contributed by atoms with E-state index in [1.807, 2.05) is 0 Å². The first-order chi connectivity index (χ1) is 9.75. The van der Waals surface area contributed by atoms with Gasteiger partial charge in [0.1, 0.15) is 0 Å². The Morgan fingerprint density at radius 2 is 1.91 bits per heavy atom. The molecule has 0 spiro atoms. The Kier molecular flexibility index (Phi) is 6.28. The molecule has 0 aromatic carbocycles. The number of aliphatic hydroxyl groups is 1. The summed E-state index contributed by atoms with van der Waals surface area (Å²) in [6, 6.07) is 1.67. The van der Waals surface area contributed by atoms with Crippen LogP contribution in [0.15, 0.2) is 15.9 Å². The summed E-state index contributed by atoms with van der Waals surface area (Å²) in [4.78, 5) is 0.570. The molecule has 128 valence electrons. The van der Waals surface area contributed by atoms with Gasteiger partial charge < -0.3 is 5.11 Å². The molecule has 9 heteroatoms. The quantitative estimate of drug-likeness (QED) is 0.751. The molecule has 2 N–H and O–H groups in total. The molecule has 0 radical (unpaired) electrons. The molecular formula is C13H19BrF3NO2S2. The Balaban J connectivity index is 3.13. The first-order valence-corrected chi connectivity index (χ1v) is 9.27. The van der Waals surface area contributed by atoms with E-state index in [1.165, 1.54) is 18.3 Å². The van der Waals surface area contributed by atoms with E-state index in [4.69, 9.17) is 0 Å². The van der Waals surface area contributed by atoms with E-state index in [9.17, 15) is 22.5 Å². The third kappa shape index (κ3) is 5.30. The van der Waals surface area contributed by atoms with Crippen LogP contribution >= 0.6 is 27.3 Å². The predicted octanol–water partition coefficient (Wildman–Crippen LogP) is 4.09. The topological polar surface area (TPSA) is 49.3 Å². The Morgan fingerprint density at radius 3 is 2.27 bits per heavy atom. The molecule has 1 rings (SSSR count). The molecule has 0 aliphatic heterocycles. The molecule has 0 aliphatic carbocycles. The molecule has 0 bridgehead atoms. The van der Waals surface area contributed by atoms with Crippen LogP contribution in [-0.2, 0) is 16.5 Å². The highest BCUT2D eigenvalue weighted by molar-refractivity contribution is 9.10. The molecule has 1 unspecified atom stereocenters. The summed E-state index contributed by atoms with van der Waals surface area (Å²) >= 11 is 4.50. The van der Waals surface area contributed by atoms with E-state index >= 15 is 0 Å². The fourth-order valence-electron chi connectivity index (χ4n) is 1.66. The van der Waals surface area contributed by atoms with Crippen LogP contribution in [0.25, 0.3) is 0 Å². The molecule has 0 fully saturated rings. The summed E-state index contributed by atoms with van der Waals surface area (Å²) < 4.78 is 53.3. The van der Waals surface area contributed by atoms with E-state index in [2.05, 4.69) is 20.7 Å². The maximum Gasteiger partial charge on any atom is 0.414 e. The number of rotatable bonds is 5. The Labute approximate surface area is 143 Å². The first kappa shape index (κ1) is 20.1. The van der Waals surface area contributed by atoms with E-state index in [0.717, 1.165) is 4.47 Å². The minimum Gasteiger partial charge on any atom is -0.384 e. The first-order valence-electron chi connectivity index (χ1n) is 6.45. The molecule has 3 nitrogen and oxygen atoms in total. The second-order valence-corrected chi connectivity index (χ2v) is 10.00. The van der Waals surface area contributed by atoms with Crippen molar-refractivity contribution in [1.29, 1.82) is 0 Å². The largest absolute Gasteiger partial charge is 0.414 e. The average molecular weight is 422 g/mol. The maximum atomic E-state index is 12.7. The normalized spacial score (nSPS) is 18.8. The van der Waals surface area contributed by atoms with Gasteiger partial charge in [-0.25, -0.2) is 8.93 Å². The SMILES string of the molecule is CC(C)(C)S(=O)N[C@@](C)(C[C@@H](O)C(F)(F)F)c1cc(Br)cs1. The zero-order valence-electron chi connectivity index (χ0n) is 12.6. The second kappa shape index (κ2) is 6.88. The minimum atomic E-state index is -4.72. The third-order valence-corrected chi connectivity index (χ3v) is 6.67. The fourth-order valence-corrected chi connectivity index (χ4v) is 4.19. The van der Waals surface area contributed by atoms with Crippen molar-refractivity contribution >= 4 is 38.3 Å². The number of hydrogen-bond donors (Lipinski definition) is 2. The molecule has 3 atom stereocenters. The van der Waals surface area contributed by atoms with Gasteiger partial charge in [0.05, 0.1) is 21.3 Å². The number of nitrogens with one attached hydrogen (secondary N) is 1. The van der Waals surface area contributed by atoms with Gasteiger partial charge in [0, 0.05) is 21.2 Å². The summed E-state index contributed by atoms with van der Waals surface area (Å²) in [6.07, 6.45) is -7.84. The fraction of sp³-hybridized carbons (Fsp3) is 0.692. The van der Waals surface area contributed by atoms with Crippen molar-refractivity contribution in [3.05, 3.63) is 20.8 Å². The van der Waals surface area contributed by atoms with Crippen molar-refractivity contribution in [3.63, 3.8) is 0 Å². The highest BCUT2D eigenvalue weighted by Crippen LogP contribution is 2.37. The van der Waals surface area contributed by atoms with Gasteiger partial charge in [-0.05, 0) is 49.7 Å². The lowest BCUT2D eigenvalue weighted by atomic mass is 9.93. The van der Waals surface area contributed by atoms with E-state index < -0.39 is 40.0 Å². The van der Waals surface area contributed by atoms with Crippen molar-refractivity contribution in [2.75, 3.05) is 0 Å². The van der Waals surface area contributed by atoms with Crippen molar-refractivity contribution in [2.45, 2.75) is 56.7 Å². The van der Waals surface area contributed by atoms with Crippen molar-refractivity contribution in [3.8, 4) is 0 Å². The van der Waals surface area contributed by atoms with Crippen LogP contribution in [0.4, 0.5) is 13.2 Å². The molecule has 0 saturated carbocycles. The lowest BCUT2D eigenvalue weighted by molar-refractivity contribution is -0.209. The monoisotopic (exact) mass is 421 g/mol. The highest BCUT2D eigenvalue weighted by Gasteiger charge is 2.45. The van der Waals surface area contributed by atoms with Gasteiger partial charge in [-0.15, -0.1) is 11.3 Å². The summed E-state index contributed by atoms with van der Waals surface area (Å²) in [5.41, 5.74) is -1.26. The zero-order valence-corrected chi connectivity index (χ0v) is 15.8. The van der Waals surface area contributed by atoms with Gasteiger partial charge in [-0.3, -0.25) is 0 Å². The van der Waals surface area contributed by atoms with Gasteiger partial charge in [0.2, 0.25) is 0 Å². The second-order valence-electron chi connectivity index (χ2n) is 6.21. The van der Waals surface area contributed by atoms with Crippen LogP contribution in [0.1, 0.15) is 39.0 Å². The molecule has 22 heavy (non-hydrogen) atoms. The van der Waals surface area contributed by atoms with Crippen LogP contribution in [0.2, 0.25) is 0 Å². The lowest BCUT2D eigenvalue weighted by Gasteiger charge is -2.34. The summed E-state index contributed by atoms with van der Waals surface area (Å²) in [5.74, 6) is 0. The number of thiophene rings is 1. The van der Waals surface area contributed by atoms with Crippen molar-refractivity contribution in [2.24, 2.45) is 0 Å². The number of aliphatic hydroxyl groups excluding tert-OH is 1. The molecule has 0 aliphatic rings. The number of hydrogen-bond acceptors (Lipinski definition) is 3. The molecule has 1 heterocycles. The third-order valence-electron chi connectivity index (χ3n) is 2.96. The van der Waals surface area contributed by atoms with Gasteiger partial charge >= 0.3 is 6.18 Å². The van der Waals surface area contributed by atoms with Crippen molar-refractivity contribution < 1.29 is 22.5 Å². The minimum absolute atomic E-state index is 0.570. The van der Waals surface area contributed by atoms with E-state index in [1.54, 1.807) is 32.2 Å². The summed E-state index contributed by atoms with van der Waals surface area (Å²) in [7, 11) is -1.58. The standard InChI is InChI=1S/C13H19BrF3NO2S2/c1-11(2,3)22(20)18-12(4,6-9(19)13(15,16)17)10-5-8(14)7-21-10/h5,7,9,18-19H,6H2,1-4H3/t9-,12+,22?/m1/s1. The Morgan fingerprint density at radius 1 is 1.36 bits per heavy atom. The van der Waals surface area contributed by atoms with Gasteiger partial charge in [0.25, 0.3) is 0 Å². The van der Waals surface area contributed by atoms with Crippen LogP contribution in [0.5, 0.6) is 0 Å². The molecule has 0 amide bonds. The molecule has 1 aromatic rings. The van der Waals surface area contributed by atoms with Gasteiger partial charge in [-0.2, -0.15) is 13.2 Å². The number of alkyl halides is 3. The van der Waals surface area contributed by atoms with Crippen molar-refractivity contribution in [1.82, 2.24) is 4.72 Å². The lowest BCUT2D eigenvalue weighted by Crippen LogP contribution is -2.49. The number of halogens is 4. The highest BCUT2D eigenvalue weighted by atomic mass is 79.9. The molecular weight excluding hydrogens is 403 g/mol. The Bertz CT molecular complexity index is 542. The van der Waals surface area contributed by atoms with Gasteiger partial charge in [-0.1, -0.05) is 0 Å². The van der Waals surface area contributed by atoms with Crippen LogP contribution in [-0.4, -0.2) is 26.3 Å². The maximum absolute atomic E-state index is 12.7. The average Bonchev–Trinajstić information content (AvgIpc) is 2.73. The van der Waals surface area contributed by atoms with E-state index in [0.29, 0.717) is 4.88 Å². The van der Waals surface area contributed by atoms with Crippen LogP contribution in [0.3, 0.4) is 0 Å². The Hall–Kier alpha value is 0.0400. The smallest absolute Gasteiger partial charge is 0.384 e. The molecule has 1 aromatic heterocycles. The zero-order chi connectivity index (χ0) is 17.3. The van der Waals surface area contributed by atoms with E-state index in [-0.39, 0.29) is 0 Å². The predicted molar refractivity (Wildman–Crippen MR) is 87.1 cm³/mol. The van der Waals surface area contributed by atoms with Gasteiger partial charge in [0.15, 0.2) is 6.10 Å². The summed E-state index contributed by atoms with van der Waals surface area (Å²) in [6.45, 7) is 6.69. The van der Waals surface area contributed by atoms with Crippen LogP contribution in [0, 0.1) is 0 Å².